The summed E-state index contributed by atoms with van der Waals surface area (Å²) in [4.78, 5) is 30.2. The Morgan fingerprint density at radius 1 is 1.31 bits per heavy atom. The molecule has 7 heteroatoms. The lowest BCUT2D eigenvalue weighted by Crippen LogP contribution is -2.06. The molecule has 1 unspecified atom stereocenters. The zero-order valence-electron chi connectivity index (χ0n) is 7.35. The molecule has 0 heterocycles. The Labute approximate surface area is 75.4 Å². The molecule has 0 fully saturated rings. The normalized spacial score (nSPS) is 14.7. The van der Waals surface area contributed by atoms with E-state index >= 15 is 0 Å². The van der Waals surface area contributed by atoms with Crippen LogP contribution in [0, 0.1) is 0 Å². The van der Waals surface area contributed by atoms with Crippen molar-refractivity contribution in [2.75, 3.05) is 14.2 Å². The fraction of sp³-hybridized carbons (Fsp3) is 0.667. The number of hydrogen-bond donors (Lipinski definition) is 1. The van der Waals surface area contributed by atoms with E-state index in [1.165, 1.54) is 7.11 Å². The van der Waals surface area contributed by atoms with Crippen LogP contribution in [0.2, 0.25) is 0 Å². The summed E-state index contributed by atoms with van der Waals surface area (Å²) in [6.45, 7) is 0. The molecule has 1 atom stereocenters. The second-order valence-corrected chi connectivity index (χ2v) is 4.08. The number of methoxy groups -OCH3 is 1. The van der Waals surface area contributed by atoms with E-state index in [1.54, 1.807) is 0 Å². The van der Waals surface area contributed by atoms with E-state index in [-0.39, 0.29) is 12.8 Å². The third kappa shape index (κ3) is 4.17. The maximum atomic E-state index is 10.9. The molecule has 76 valence electrons. The fourth-order valence-electron chi connectivity index (χ4n) is 0.554. The SMILES string of the molecule is COC(=O)CCC(=O)P(=O)(O)OC. The Bertz CT molecular complexity index is 248. The van der Waals surface area contributed by atoms with Gasteiger partial charge in [0.15, 0.2) is 0 Å². The first-order chi connectivity index (χ1) is 5.94. The summed E-state index contributed by atoms with van der Waals surface area (Å²) in [6, 6.07) is 0. The van der Waals surface area contributed by atoms with Gasteiger partial charge in [-0.05, 0) is 0 Å². The summed E-state index contributed by atoms with van der Waals surface area (Å²) in [5.74, 6) is -0.607. The van der Waals surface area contributed by atoms with Gasteiger partial charge in [0.25, 0.3) is 0 Å². The third-order valence-corrected chi connectivity index (χ3v) is 2.68. The molecule has 0 amide bonds. The van der Waals surface area contributed by atoms with E-state index in [0.717, 1.165) is 7.11 Å². The predicted molar refractivity (Wildman–Crippen MR) is 43.1 cm³/mol. The summed E-state index contributed by atoms with van der Waals surface area (Å²) in [5.41, 5.74) is -0.986. The molecule has 0 aromatic rings. The van der Waals surface area contributed by atoms with Crippen LogP contribution in [0.4, 0.5) is 0 Å². The summed E-state index contributed by atoms with van der Waals surface area (Å²) < 4.78 is 19.1. The standard InChI is InChI=1S/C6H11O6P/c1-11-5(7)3-4-6(8)13(9,10)12-2/h3-4H2,1-2H3,(H,9,10). The summed E-state index contributed by atoms with van der Waals surface area (Å²) in [5, 5.41) is 0. The zero-order chi connectivity index (χ0) is 10.5. The monoisotopic (exact) mass is 210 g/mol. The molecular weight excluding hydrogens is 199 g/mol. The summed E-state index contributed by atoms with van der Waals surface area (Å²) in [6.07, 6.45) is -0.572. The van der Waals surface area contributed by atoms with Crippen molar-refractivity contribution < 1.29 is 28.3 Å². The molecule has 0 aliphatic heterocycles. The molecule has 0 spiro atoms. The molecule has 0 aliphatic carbocycles. The van der Waals surface area contributed by atoms with Crippen LogP contribution in [-0.2, 0) is 23.4 Å². The highest BCUT2D eigenvalue weighted by Crippen LogP contribution is 2.43. The van der Waals surface area contributed by atoms with Crippen molar-refractivity contribution in [3.63, 3.8) is 0 Å². The topological polar surface area (TPSA) is 89.9 Å². The van der Waals surface area contributed by atoms with E-state index in [0.29, 0.717) is 0 Å². The molecule has 0 radical (unpaired) electrons. The van der Waals surface area contributed by atoms with Crippen molar-refractivity contribution in [1.29, 1.82) is 0 Å². The van der Waals surface area contributed by atoms with Crippen LogP contribution >= 0.6 is 7.60 Å². The lowest BCUT2D eigenvalue weighted by atomic mass is 10.3. The minimum absolute atomic E-state index is 0.219. The zero-order valence-corrected chi connectivity index (χ0v) is 8.24. The van der Waals surface area contributed by atoms with Gasteiger partial charge in [-0.15, -0.1) is 0 Å². The lowest BCUT2D eigenvalue weighted by Gasteiger charge is -2.05. The van der Waals surface area contributed by atoms with Gasteiger partial charge in [0.1, 0.15) is 0 Å². The Hall–Kier alpha value is -0.710. The van der Waals surface area contributed by atoms with Gasteiger partial charge >= 0.3 is 13.6 Å². The van der Waals surface area contributed by atoms with E-state index in [1.807, 2.05) is 0 Å². The number of hydrogen-bond acceptors (Lipinski definition) is 5. The number of carbonyl (C=O) groups excluding carboxylic acids is 2. The summed E-state index contributed by atoms with van der Waals surface area (Å²) in [7, 11) is -2.05. The predicted octanol–water partition coefficient (Wildman–Crippen LogP) is 0.298. The van der Waals surface area contributed by atoms with Crippen LogP contribution < -0.4 is 0 Å². The van der Waals surface area contributed by atoms with Crippen molar-refractivity contribution in [3.05, 3.63) is 0 Å². The Morgan fingerprint density at radius 2 is 1.85 bits per heavy atom. The first-order valence-electron chi connectivity index (χ1n) is 3.42. The Balaban J connectivity index is 4.03. The van der Waals surface area contributed by atoms with Crippen LogP contribution in [0.3, 0.4) is 0 Å². The Morgan fingerprint density at radius 3 is 2.23 bits per heavy atom. The van der Waals surface area contributed by atoms with E-state index < -0.39 is 19.1 Å². The molecule has 0 saturated heterocycles. The highest BCUT2D eigenvalue weighted by molar-refractivity contribution is 7.70. The quantitative estimate of drug-likeness (QED) is 0.518. The number of ether oxygens (including phenoxy) is 1. The van der Waals surface area contributed by atoms with E-state index in [9.17, 15) is 14.2 Å². The van der Waals surface area contributed by atoms with Gasteiger partial charge in [-0.25, -0.2) is 0 Å². The van der Waals surface area contributed by atoms with Gasteiger partial charge < -0.3 is 14.2 Å². The highest BCUT2D eigenvalue weighted by atomic mass is 31.2. The fourth-order valence-corrected chi connectivity index (χ4v) is 1.15. The van der Waals surface area contributed by atoms with Gasteiger partial charge in [0.05, 0.1) is 13.5 Å². The van der Waals surface area contributed by atoms with Crippen LogP contribution in [0.1, 0.15) is 12.8 Å². The van der Waals surface area contributed by atoms with E-state index in [4.69, 9.17) is 4.89 Å². The number of carbonyl (C=O) groups is 2. The third-order valence-electron chi connectivity index (χ3n) is 1.33. The van der Waals surface area contributed by atoms with Crippen molar-refractivity contribution in [2.45, 2.75) is 12.8 Å². The first-order valence-corrected chi connectivity index (χ1v) is 5.00. The van der Waals surface area contributed by atoms with Crippen molar-refractivity contribution in [1.82, 2.24) is 0 Å². The van der Waals surface area contributed by atoms with Crippen LogP contribution in [0.15, 0.2) is 0 Å². The van der Waals surface area contributed by atoms with Crippen molar-refractivity contribution in [3.8, 4) is 0 Å². The number of rotatable bonds is 5. The first kappa shape index (κ1) is 12.3. The van der Waals surface area contributed by atoms with Crippen molar-refractivity contribution in [2.24, 2.45) is 0 Å². The second kappa shape index (κ2) is 5.11. The minimum Gasteiger partial charge on any atom is -0.469 e. The maximum absolute atomic E-state index is 10.9. The minimum atomic E-state index is -4.18. The molecule has 0 saturated carbocycles. The van der Waals surface area contributed by atoms with Gasteiger partial charge in [-0.2, -0.15) is 0 Å². The van der Waals surface area contributed by atoms with Crippen LogP contribution in [0.5, 0.6) is 0 Å². The largest absolute Gasteiger partial charge is 0.469 e. The van der Waals surface area contributed by atoms with Gasteiger partial charge in [0, 0.05) is 13.5 Å². The molecule has 13 heavy (non-hydrogen) atoms. The molecule has 0 rings (SSSR count). The van der Waals surface area contributed by atoms with Gasteiger partial charge in [-0.3, -0.25) is 14.2 Å². The molecular formula is C6H11O6P. The van der Waals surface area contributed by atoms with Crippen molar-refractivity contribution >= 4 is 19.1 Å². The van der Waals surface area contributed by atoms with Crippen LogP contribution in [-0.4, -0.2) is 30.6 Å². The molecule has 1 N–H and O–H groups in total. The summed E-state index contributed by atoms with van der Waals surface area (Å²) >= 11 is 0. The second-order valence-electron chi connectivity index (χ2n) is 2.17. The average Bonchev–Trinajstić information content (AvgIpc) is 2.13. The molecule has 6 nitrogen and oxygen atoms in total. The maximum Gasteiger partial charge on any atom is 0.393 e. The van der Waals surface area contributed by atoms with Crippen LogP contribution in [0.25, 0.3) is 0 Å². The molecule has 0 bridgehead atoms. The molecule has 0 aliphatic rings. The number of esters is 1. The highest BCUT2D eigenvalue weighted by Gasteiger charge is 2.28. The van der Waals surface area contributed by atoms with E-state index in [2.05, 4.69) is 9.26 Å². The average molecular weight is 210 g/mol. The smallest absolute Gasteiger partial charge is 0.393 e. The molecule has 0 aromatic carbocycles. The Kier molecular flexibility index (Phi) is 4.83. The lowest BCUT2D eigenvalue weighted by molar-refractivity contribution is -0.141. The van der Waals surface area contributed by atoms with Gasteiger partial charge in [0.2, 0.25) is 5.52 Å². The van der Waals surface area contributed by atoms with Gasteiger partial charge in [-0.1, -0.05) is 0 Å². The molecule has 0 aromatic heterocycles.